The lowest BCUT2D eigenvalue weighted by Gasteiger charge is -2.46. The Bertz CT molecular complexity index is 1150. The van der Waals surface area contributed by atoms with Gasteiger partial charge < -0.3 is 20.3 Å². The average Bonchev–Trinajstić information content (AvgIpc) is 3.10. The first-order chi connectivity index (χ1) is 14.9. The van der Waals surface area contributed by atoms with Crippen molar-refractivity contribution in [3.63, 3.8) is 0 Å². The van der Waals surface area contributed by atoms with Crippen LogP contribution >= 0.6 is 0 Å². The van der Waals surface area contributed by atoms with Crippen LogP contribution in [0.1, 0.15) is 25.8 Å². The molecule has 1 aliphatic carbocycles. The van der Waals surface area contributed by atoms with Gasteiger partial charge in [-0.25, -0.2) is 14.4 Å². The van der Waals surface area contributed by atoms with Gasteiger partial charge in [0, 0.05) is 62.5 Å². The quantitative estimate of drug-likeness (QED) is 0.670. The van der Waals surface area contributed by atoms with Gasteiger partial charge in [0.15, 0.2) is 0 Å². The van der Waals surface area contributed by atoms with Gasteiger partial charge in [0.1, 0.15) is 29.4 Å². The van der Waals surface area contributed by atoms with Gasteiger partial charge >= 0.3 is 0 Å². The first-order valence-corrected chi connectivity index (χ1v) is 10.5. The highest BCUT2D eigenvalue weighted by molar-refractivity contribution is 6.01. The molecule has 3 heterocycles. The predicted octanol–water partition coefficient (Wildman–Crippen LogP) is 2.39. The van der Waals surface area contributed by atoms with Gasteiger partial charge in [-0.15, -0.1) is 0 Å². The number of anilines is 1. The number of fused-ring (bicyclic) bond motifs is 1. The van der Waals surface area contributed by atoms with Crippen LogP contribution in [0.3, 0.4) is 0 Å². The lowest BCUT2D eigenvalue weighted by molar-refractivity contribution is -0.131. The third-order valence-electron chi connectivity index (χ3n) is 6.64. The van der Waals surface area contributed by atoms with Crippen molar-refractivity contribution in [2.45, 2.75) is 31.8 Å². The molecule has 0 radical (unpaired) electrons. The molecule has 2 fully saturated rings. The number of nitrogen functional groups attached to an aromatic ring is 1. The summed E-state index contributed by atoms with van der Waals surface area (Å²) >= 11 is 0. The van der Waals surface area contributed by atoms with Gasteiger partial charge in [-0.2, -0.15) is 0 Å². The number of carbonyl (C=O) groups is 1. The standard InChI is InChI=1S/C22H25FN6O2/c1-13(30)27-4-6-28(7-5-27)14-8-15(9-14)29-11-18(17-10-16(31)2-3-19(17)23)20-21(24)25-12-26-22(20)29/h2-3,10-12,14-15,31H,4-9H2,1H3,(H2,24,25,26). The van der Waals surface area contributed by atoms with Crippen molar-refractivity contribution in [2.75, 3.05) is 31.9 Å². The fraction of sp³-hybridized carbons (Fsp3) is 0.409. The first-order valence-electron chi connectivity index (χ1n) is 10.5. The summed E-state index contributed by atoms with van der Waals surface area (Å²) in [5.41, 5.74) is 7.69. The maximum atomic E-state index is 14.6. The predicted molar refractivity (Wildman–Crippen MR) is 115 cm³/mol. The molecule has 1 aliphatic heterocycles. The highest BCUT2D eigenvalue weighted by atomic mass is 19.1. The second-order valence-electron chi connectivity index (χ2n) is 8.39. The van der Waals surface area contributed by atoms with E-state index in [9.17, 15) is 14.3 Å². The first kappa shape index (κ1) is 19.7. The van der Waals surface area contributed by atoms with E-state index in [1.807, 2.05) is 11.1 Å². The second kappa shape index (κ2) is 7.49. The summed E-state index contributed by atoms with van der Waals surface area (Å²) in [7, 11) is 0. The summed E-state index contributed by atoms with van der Waals surface area (Å²) in [4.78, 5) is 24.4. The Labute approximate surface area is 179 Å². The van der Waals surface area contributed by atoms with Crippen LogP contribution in [0.25, 0.3) is 22.2 Å². The molecule has 162 valence electrons. The molecule has 3 aromatic rings. The number of hydrogen-bond donors (Lipinski definition) is 2. The zero-order valence-corrected chi connectivity index (χ0v) is 17.3. The Morgan fingerprint density at radius 2 is 1.87 bits per heavy atom. The van der Waals surface area contributed by atoms with Crippen LogP contribution in [0.15, 0.2) is 30.7 Å². The monoisotopic (exact) mass is 424 g/mol. The topological polar surface area (TPSA) is 101 Å². The minimum Gasteiger partial charge on any atom is -0.508 e. The normalized spacial score (nSPS) is 21.9. The number of benzene rings is 1. The Kier molecular flexibility index (Phi) is 4.77. The zero-order chi connectivity index (χ0) is 21.7. The molecule has 1 aromatic carbocycles. The third kappa shape index (κ3) is 3.38. The molecule has 0 bridgehead atoms. The highest BCUT2D eigenvalue weighted by Gasteiger charge is 2.37. The average molecular weight is 424 g/mol. The van der Waals surface area contributed by atoms with E-state index in [2.05, 4.69) is 19.4 Å². The van der Waals surface area contributed by atoms with Crippen LogP contribution in [0, 0.1) is 5.82 Å². The van der Waals surface area contributed by atoms with Gasteiger partial charge in [0.2, 0.25) is 5.91 Å². The van der Waals surface area contributed by atoms with Crippen molar-refractivity contribution in [1.29, 1.82) is 0 Å². The summed E-state index contributed by atoms with van der Waals surface area (Å²) in [6.07, 6.45) is 5.21. The van der Waals surface area contributed by atoms with Gasteiger partial charge in [-0.1, -0.05) is 0 Å². The summed E-state index contributed by atoms with van der Waals surface area (Å²) in [5, 5.41) is 10.5. The number of amides is 1. The molecule has 8 nitrogen and oxygen atoms in total. The minimum absolute atomic E-state index is 0.0128. The number of carbonyl (C=O) groups excluding carboxylic acids is 1. The fourth-order valence-corrected chi connectivity index (χ4v) is 4.80. The minimum atomic E-state index is -0.435. The molecule has 9 heteroatoms. The van der Waals surface area contributed by atoms with Crippen LogP contribution < -0.4 is 5.73 Å². The number of aromatic nitrogens is 3. The molecule has 3 N–H and O–H groups in total. The summed E-state index contributed by atoms with van der Waals surface area (Å²) < 4.78 is 16.6. The van der Waals surface area contributed by atoms with E-state index in [0.717, 1.165) is 39.0 Å². The van der Waals surface area contributed by atoms with Crippen molar-refractivity contribution in [3.05, 3.63) is 36.5 Å². The van der Waals surface area contributed by atoms with E-state index in [1.165, 1.54) is 24.5 Å². The van der Waals surface area contributed by atoms with E-state index in [-0.39, 0.29) is 29.1 Å². The number of phenolic OH excluding ortho intramolecular Hbond substituents is 1. The van der Waals surface area contributed by atoms with Crippen molar-refractivity contribution in [3.8, 4) is 16.9 Å². The van der Waals surface area contributed by atoms with Crippen molar-refractivity contribution < 1.29 is 14.3 Å². The smallest absolute Gasteiger partial charge is 0.219 e. The number of halogens is 1. The van der Waals surface area contributed by atoms with Crippen LogP contribution in [0.5, 0.6) is 5.75 Å². The molecule has 2 aliphatic rings. The molecule has 1 saturated heterocycles. The molecular weight excluding hydrogens is 399 g/mol. The Hall–Kier alpha value is -3.20. The maximum absolute atomic E-state index is 14.6. The molecule has 31 heavy (non-hydrogen) atoms. The van der Waals surface area contributed by atoms with Crippen molar-refractivity contribution in [1.82, 2.24) is 24.3 Å². The Morgan fingerprint density at radius 3 is 2.58 bits per heavy atom. The number of phenols is 1. The lowest BCUT2D eigenvalue weighted by Crippen LogP contribution is -2.54. The molecule has 0 spiro atoms. The number of piperazine rings is 1. The second-order valence-corrected chi connectivity index (χ2v) is 8.39. The number of nitrogens with zero attached hydrogens (tertiary/aromatic N) is 5. The van der Waals surface area contributed by atoms with E-state index >= 15 is 0 Å². The molecule has 2 aromatic heterocycles. The summed E-state index contributed by atoms with van der Waals surface area (Å²) in [6, 6.07) is 4.64. The SMILES string of the molecule is CC(=O)N1CCN(C2CC(n3cc(-c4cc(O)ccc4F)c4c(N)ncnc43)C2)CC1. The van der Waals surface area contributed by atoms with Gasteiger partial charge in [0.05, 0.1) is 5.39 Å². The number of nitrogens with two attached hydrogens (primary N) is 1. The van der Waals surface area contributed by atoms with E-state index in [4.69, 9.17) is 5.73 Å². The summed E-state index contributed by atoms with van der Waals surface area (Å²) in [5.74, 6) is -0.0253. The molecular formula is C22H25FN6O2. The van der Waals surface area contributed by atoms with Crippen LogP contribution in [0.2, 0.25) is 0 Å². The van der Waals surface area contributed by atoms with Crippen LogP contribution in [-0.2, 0) is 4.79 Å². The maximum Gasteiger partial charge on any atom is 0.219 e. The van der Waals surface area contributed by atoms with Crippen LogP contribution in [-0.4, -0.2) is 67.6 Å². The van der Waals surface area contributed by atoms with E-state index < -0.39 is 5.82 Å². The number of rotatable bonds is 3. The molecule has 5 rings (SSSR count). The van der Waals surface area contributed by atoms with E-state index in [0.29, 0.717) is 22.6 Å². The number of hydrogen-bond acceptors (Lipinski definition) is 6. The van der Waals surface area contributed by atoms with Crippen molar-refractivity contribution in [2.24, 2.45) is 0 Å². The van der Waals surface area contributed by atoms with Crippen molar-refractivity contribution >= 4 is 22.8 Å². The van der Waals surface area contributed by atoms with Gasteiger partial charge in [-0.05, 0) is 31.0 Å². The molecule has 1 saturated carbocycles. The zero-order valence-electron chi connectivity index (χ0n) is 17.3. The van der Waals surface area contributed by atoms with Crippen LogP contribution in [0.4, 0.5) is 10.2 Å². The molecule has 0 atom stereocenters. The fourth-order valence-electron chi connectivity index (χ4n) is 4.80. The third-order valence-corrected chi connectivity index (χ3v) is 6.64. The Balaban J connectivity index is 1.42. The molecule has 0 unspecified atom stereocenters. The molecule has 1 amide bonds. The van der Waals surface area contributed by atoms with Gasteiger partial charge in [-0.3, -0.25) is 9.69 Å². The largest absolute Gasteiger partial charge is 0.508 e. The van der Waals surface area contributed by atoms with E-state index in [1.54, 1.807) is 6.92 Å². The number of aromatic hydroxyl groups is 1. The van der Waals surface area contributed by atoms with Gasteiger partial charge in [0.25, 0.3) is 0 Å². The summed E-state index contributed by atoms with van der Waals surface area (Å²) in [6.45, 7) is 4.93. The lowest BCUT2D eigenvalue weighted by atomic mass is 9.85. The highest BCUT2D eigenvalue weighted by Crippen LogP contribution is 2.42. The Morgan fingerprint density at radius 1 is 1.13 bits per heavy atom.